The smallest absolute Gasteiger partial charge is 0.251 e. The summed E-state index contributed by atoms with van der Waals surface area (Å²) in [7, 11) is 0. The van der Waals surface area contributed by atoms with Gasteiger partial charge >= 0.3 is 0 Å². The molecule has 2 aromatic heterocycles. The molecular weight excluding hydrogens is 328 g/mol. The Morgan fingerprint density at radius 3 is 2.73 bits per heavy atom. The SMILES string of the molecule is CCc1nccn1CCCNC(=O)c1ccc(-c2cccc(=O)[nH]2)cc1. The Kier molecular flexibility index (Phi) is 5.63. The Balaban J connectivity index is 1.52. The maximum atomic E-state index is 12.2. The molecule has 0 aliphatic carbocycles. The molecule has 3 aromatic rings. The van der Waals surface area contributed by atoms with Crippen molar-refractivity contribution in [3.05, 3.63) is 76.6 Å². The molecule has 0 saturated heterocycles. The van der Waals surface area contributed by atoms with Crippen molar-refractivity contribution in [1.82, 2.24) is 19.9 Å². The number of rotatable bonds is 7. The number of aryl methyl sites for hydroxylation is 2. The van der Waals surface area contributed by atoms with Gasteiger partial charge in [-0.15, -0.1) is 0 Å². The number of H-pyrrole nitrogens is 1. The first-order valence-corrected chi connectivity index (χ1v) is 8.75. The minimum Gasteiger partial charge on any atom is -0.352 e. The van der Waals surface area contributed by atoms with Crippen molar-refractivity contribution in [3.8, 4) is 11.3 Å². The van der Waals surface area contributed by atoms with E-state index in [9.17, 15) is 9.59 Å². The van der Waals surface area contributed by atoms with E-state index in [1.165, 1.54) is 6.07 Å². The molecule has 0 atom stereocenters. The van der Waals surface area contributed by atoms with Gasteiger partial charge in [0.15, 0.2) is 0 Å². The van der Waals surface area contributed by atoms with Gasteiger partial charge in [0.05, 0.1) is 0 Å². The van der Waals surface area contributed by atoms with Crippen molar-refractivity contribution in [2.75, 3.05) is 6.54 Å². The van der Waals surface area contributed by atoms with Crippen LogP contribution in [0, 0.1) is 0 Å². The highest BCUT2D eigenvalue weighted by Gasteiger charge is 2.06. The third kappa shape index (κ3) is 4.27. The number of aromatic nitrogens is 3. The molecule has 3 rings (SSSR count). The first kappa shape index (κ1) is 17.7. The number of imidazole rings is 1. The van der Waals surface area contributed by atoms with Crippen LogP contribution < -0.4 is 10.9 Å². The molecule has 0 bridgehead atoms. The second-order valence-corrected chi connectivity index (χ2v) is 6.01. The average molecular weight is 350 g/mol. The fourth-order valence-corrected chi connectivity index (χ4v) is 2.83. The van der Waals surface area contributed by atoms with E-state index in [1.54, 1.807) is 24.4 Å². The van der Waals surface area contributed by atoms with Gasteiger partial charge in [0.25, 0.3) is 5.91 Å². The van der Waals surface area contributed by atoms with Crippen molar-refractivity contribution >= 4 is 5.91 Å². The maximum Gasteiger partial charge on any atom is 0.251 e. The summed E-state index contributed by atoms with van der Waals surface area (Å²) in [6.45, 7) is 3.52. The molecule has 6 heteroatoms. The van der Waals surface area contributed by atoms with E-state index >= 15 is 0 Å². The van der Waals surface area contributed by atoms with Crippen LogP contribution in [-0.4, -0.2) is 27.0 Å². The van der Waals surface area contributed by atoms with Gasteiger partial charge in [0, 0.05) is 49.2 Å². The summed E-state index contributed by atoms with van der Waals surface area (Å²) in [5, 5.41) is 2.94. The lowest BCUT2D eigenvalue weighted by Crippen LogP contribution is -2.25. The van der Waals surface area contributed by atoms with Crippen LogP contribution in [0.5, 0.6) is 0 Å². The van der Waals surface area contributed by atoms with Gasteiger partial charge in [0.2, 0.25) is 5.56 Å². The van der Waals surface area contributed by atoms with Crippen molar-refractivity contribution in [1.29, 1.82) is 0 Å². The van der Waals surface area contributed by atoms with Crippen LogP contribution in [-0.2, 0) is 13.0 Å². The molecule has 6 nitrogen and oxygen atoms in total. The quantitative estimate of drug-likeness (QED) is 0.643. The van der Waals surface area contributed by atoms with Crippen molar-refractivity contribution < 1.29 is 4.79 Å². The summed E-state index contributed by atoms with van der Waals surface area (Å²) in [5.41, 5.74) is 2.06. The van der Waals surface area contributed by atoms with Crippen molar-refractivity contribution in [3.63, 3.8) is 0 Å². The fourth-order valence-electron chi connectivity index (χ4n) is 2.83. The number of carbonyl (C=O) groups excluding carboxylic acids is 1. The van der Waals surface area contributed by atoms with Crippen molar-refractivity contribution in [2.24, 2.45) is 0 Å². The van der Waals surface area contributed by atoms with Gasteiger partial charge < -0.3 is 14.9 Å². The van der Waals surface area contributed by atoms with Crippen LogP contribution in [0.25, 0.3) is 11.3 Å². The van der Waals surface area contributed by atoms with Gasteiger partial charge in [-0.3, -0.25) is 9.59 Å². The Morgan fingerprint density at radius 2 is 2.00 bits per heavy atom. The van der Waals surface area contributed by atoms with E-state index in [0.717, 1.165) is 36.5 Å². The molecule has 0 aliphatic rings. The Hall–Kier alpha value is -3.15. The van der Waals surface area contributed by atoms with Crippen LogP contribution in [0.1, 0.15) is 29.5 Å². The molecular formula is C20H22N4O2. The van der Waals surface area contributed by atoms with Gasteiger partial charge in [0.1, 0.15) is 5.82 Å². The first-order valence-electron chi connectivity index (χ1n) is 8.75. The average Bonchev–Trinajstić information content (AvgIpc) is 3.13. The van der Waals surface area contributed by atoms with Crippen LogP contribution in [0.4, 0.5) is 0 Å². The summed E-state index contributed by atoms with van der Waals surface area (Å²) in [6.07, 6.45) is 5.52. The zero-order valence-corrected chi connectivity index (χ0v) is 14.7. The zero-order valence-electron chi connectivity index (χ0n) is 14.7. The lowest BCUT2D eigenvalue weighted by molar-refractivity contribution is 0.0952. The lowest BCUT2D eigenvalue weighted by Gasteiger charge is -2.08. The minimum absolute atomic E-state index is 0.0977. The van der Waals surface area contributed by atoms with Gasteiger partial charge in [-0.05, 0) is 30.2 Å². The molecule has 134 valence electrons. The van der Waals surface area contributed by atoms with E-state index in [-0.39, 0.29) is 11.5 Å². The molecule has 1 aromatic carbocycles. The maximum absolute atomic E-state index is 12.2. The number of hydrogen-bond donors (Lipinski definition) is 2. The minimum atomic E-state index is -0.145. The highest BCUT2D eigenvalue weighted by Crippen LogP contribution is 2.16. The van der Waals surface area contributed by atoms with Gasteiger partial charge in [-0.25, -0.2) is 4.98 Å². The van der Waals surface area contributed by atoms with Gasteiger partial charge in [-0.2, -0.15) is 0 Å². The van der Waals surface area contributed by atoms with E-state index in [4.69, 9.17) is 0 Å². The summed E-state index contributed by atoms with van der Waals surface area (Å²) < 4.78 is 2.11. The molecule has 0 unspecified atom stereocenters. The summed E-state index contributed by atoms with van der Waals surface area (Å²) in [4.78, 5) is 30.7. The number of hydrogen-bond acceptors (Lipinski definition) is 3. The van der Waals surface area contributed by atoms with Crippen LogP contribution in [0.15, 0.2) is 59.7 Å². The second-order valence-electron chi connectivity index (χ2n) is 6.01. The predicted molar refractivity (Wildman–Crippen MR) is 101 cm³/mol. The number of carbonyl (C=O) groups is 1. The lowest BCUT2D eigenvalue weighted by atomic mass is 10.1. The van der Waals surface area contributed by atoms with Crippen molar-refractivity contribution in [2.45, 2.75) is 26.3 Å². The van der Waals surface area contributed by atoms with E-state index in [2.05, 4.69) is 26.8 Å². The highest BCUT2D eigenvalue weighted by atomic mass is 16.1. The van der Waals surface area contributed by atoms with E-state index in [1.807, 2.05) is 24.4 Å². The summed E-state index contributed by atoms with van der Waals surface area (Å²) >= 11 is 0. The van der Waals surface area contributed by atoms with Crippen LogP contribution >= 0.6 is 0 Å². The molecule has 1 amide bonds. The number of amides is 1. The number of nitrogens with one attached hydrogen (secondary N) is 2. The Bertz CT molecular complexity index is 925. The molecule has 2 heterocycles. The Labute approximate surface area is 151 Å². The molecule has 0 fully saturated rings. The Morgan fingerprint density at radius 1 is 1.19 bits per heavy atom. The molecule has 0 aliphatic heterocycles. The fraction of sp³-hybridized carbons (Fsp3) is 0.250. The third-order valence-electron chi connectivity index (χ3n) is 4.21. The second kappa shape index (κ2) is 8.29. The molecule has 0 spiro atoms. The monoisotopic (exact) mass is 350 g/mol. The normalized spacial score (nSPS) is 10.7. The standard InChI is InChI=1S/C20H22N4O2/c1-2-18-21-12-14-24(18)13-4-11-22-20(26)16-9-7-15(8-10-16)17-5-3-6-19(25)23-17/h3,5-10,12,14H,2,4,11,13H2,1H3,(H,22,26)(H,23,25). The van der Waals surface area contributed by atoms with Gasteiger partial charge in [-0.1, -0.05) is 25.1 Å². The number of aromatic amines is 1. The van der Waals surface area contributed by atoms with Crippen LogP contribution in [0.3, 0.4) is 0 Å². The molecule has 2 N–H and O–H groups in total. The molecule has 0 saturated carbocycles. The first-order chi connectivity index (χ1) is 12.7. The topological polar surface area (TPSA) is 79.8 Å². The number of pyridine rings is 1. The van der Waals surface area contributed by atoms with E-state index < -0.39 is 0 Å². The molecule has 0 radical (unpaired) electrons. The third-order valence-corrected chi connectivity index (χ3v) is 4.21. The highest BCUT2D eigenvalue weighted by molar-refractivity contribution is 5.94. The molecule has 26 heavy (non-hydrogen) atoms. The zero-order chi connectivity index (χ0) is 18.4. The largest absolute Gasteiger partial charge is 0.352 e. The summed E-state index contributed by atoms with van der Waals surface area (Å²) in [6, 6.07) is 12.2. The van der Waals surface area contributed by atoms with Crippen LogP contribution in [0.2, 0.25) is 0 Å². The predicted octanol–water partition coefficient (Wildman–Crippen LogP) is 2.62. The number of benzene rings is 1. The number of nitrogens with zero attached hydrogens (tertiary/aromatic N) is 2. The summed E-state index contributed by atoms with van der Waals surface area (Å²) in [5.74, 6) is 0.963. The van der Waals surface area contributed by atoms with E-state index in [0.29, 0.717) is 12.1 Å².